The van der Waals surface area contributed by atoms with Crippen LogP contribution in [0.25, 0.3) is 10.6 Å². The molecule has 0 aliphatic carbocycles. The van der Waals surface area contributed by atoms with Crippen molar-refractivity contribution >= 4 is 27.3 Å². The van der Waals surface area contributed by atoms with E-state index in [0.717, 1.165) is 18.0 Å². The lowest BCUT2D eigenvalue weighted by molar-refractivity contribution is 0.624. The third-order valence-corrected chi connectivity index (χ3v) is 3.87. The van der Waals surface area contributed by atoms with Crippen LogP contribution in [0.1, 0.15) is 5.01 Å². The van der Waals surface area contributed by atoms with Crippen LogP contribution in [-0.2, 0) is 6.42 Å². The maximum atomic E-state index is 13.8. The maximum absolute atomic E-state index is 13.8. The number of hydrogen-bond acceptors (Lipinski definition) is 4. The van der Waals surface area contributed by atoms with Crippen molar-refractivity contribution in [2.45, 2.75) is 6.42 Å². The smallest absolute Gasteiger partial charge is 0.150 e. The topological polar surface area (TPSA) is 37.8 Å². The largest absolute Gasteiger partial charge is 0.319 e. The van der Waals surface area contributed by atoms with Gasteiger partial charge >= 0.3 is 0 Å². The van der Waals surface area contributed by atoms with Gasteiger partial charge in [0, 0.05) is 18.5 Å². The molecule has 0 aliphatic heterocycles. The fourth-order valence-corrected chi connectivity index (χ4v) is 2.59. The number of halogens is 2. The Hall–Kier alpha value is -0.850. The molecule has 0 unspecified atom stereocenters. The Labute approximate surface area is 111 Å². The van der Waals surface area contributed by atoms with E-state index in [9.17, 15) is 4.39 Å². The highest BCUT2D eigenvalue weighted by molar-refractivity contribution is 9.10. The van der Waals surface area contributed by atoms with Gasteiger partial charge in [-0.1, -0.05) is 17.4 Å². The van der Waals surface area contributed by atoms with Crippen molar-refractivity contribution in [1.29, 1.82) is 0 Å². The van der Waals surface area contributed by atoms with Gasteiger partial charge in [-0.3, -0.25) is 0 Å². The molecule has 17 heavy (non-hydrogen) atoms. The summed E-state index contributed by atoms with van der Waals surface area (Å²) in [6.45, 7) is 0.843. The molecule has 1 N–H and O–H groups in total. The summed E-state index contributed by atoms with van der Waals surface area (Å²) >= 11 is 4.59. The quantitative estimate of drug-likeness (QED) is 0.942. The van der Waals surface area contributed by atoms with Gasteiger partial charge < -0.3 is 5.32 Å². The van der Waals surface area contributed by atoms with Crippen molar-refractivity contribution in [3.05, 3.63) is 33.5 Å². The zero-order valence-electron chi connectivity index (χ0n) is 9.20. The minimum Gasteiger partial charge on any atom is -0.319 e. The highest BCUT2D eigenvalue weighted by atomic mass is 79.9. The number of benzene rings is 1. The van der Waals surface area contributed by atoms with Crippen molar-refractivity contribution in [3.8, 4) is 10.6 Å². The Morgan fingerprint density at radius 2 is 2.24 bits per heavy atom. The van der Waals surface area contributed by atoms with Crippen LogP contribution in [0.5, 0.6) is 0 Å². The fourth-order valence-electron chi connectivity index (χ4n) is 1.36. The molecule has 0 spiro atoms. The molecule has 6 heteroatoms. The minimum atomic E-state index is -0.288. The summed E-state index contributed by atoms with van der Waals surface area (Å²) in [7, 11) is 1.88. The first-order valence-electron chi connectivity index (χ1n) is 5.13. The molecule has 0 fully saturated rings. The van der Waals surface area contributed by atoms with Gasteiger partial charge in [-0.05, 0) is 35.1 Å². The van der Waals surface area contributed by atoms with Crippen LogP contribution in [0.15, 0.2) is 22.7 Å². The standard InChI is InChI=1S/C11H11BrFN3S/c1-14-6-5-9-15-16-11(17-9)7-3-2-4-8(12)10(7)13/h2-4,14H,5-6H2,1H3. The molecule has 0 saturated carbocycles. The lowest BCUT2D eigenvalue weighted by atomic mass is 10.2. The first-order chi connectivity index (χ1) is 8.22. The van der Waals surface area contributed by atoms with Crippen LogP contribution in [0.3, 0.4) is 0 Å². The molecule has 1 heterocycles. The number of hydrogen-bond donors (Lipinski definition) is 1. The summed E-state index contributed by atoms with van der Waals surface area (Å²) in [5, 5.41) is 12.6. The van der Waals surface area contributed by atoms with Crippen LogP contribution in [-0.4, -0.2) is 23.8 Å². The van der Waals surface area contributed by atoms with E-state index in [2.05, 4.69) is 31.4 Å². The molecular formula is C11H11BrFN3S. The van der Waals surface area contributed by atoms with Crippen LogP contribution in [0, 0.1) is 5.82 Å². The predicted octanol–water partition coefficient (Wildman–Crippen LogP) is 2.87. The van der Waals surface area contributed by atoms with Gasteiger partial charge in [-0.2, -0.15) is 0 Å². The number of nitrogens with zero attached hydrogens (tertiary/aromatic N) is 2. The van der Waals surface area contributed by atoms with E-state index in [0.29, 0.717) is 15.0 Å². The van der Waals surface area contributed by atoms with E-state index >= 15 is 0 Å². The third kappa shape index (κ3) is 2.88. The first kappa shape index (κ1) is 12.6. The second kappa shape index (κ2) is 5.66. The molecule has 90 valence electrons. The number of aromatic nitrogens is 2. The van der Waals surface area contributed by atoms with Crippen LogP contribution < -0.4 is 5.32 Å². The van der Waals surface area contributed by atoms with E-state index < -0.39 is 0 Å². The molecule has 1 aromatic heterocycles. The van der Waals surface area contributed by atoms with Crippen LogP contribution in [0.4, 0.5) is 4.39 Å². The lowest BCUT2D eigenvalue weighted by Gasteiger charge is -1.99. The maximum Gasteiger partial charge on any atom is 0.150 e. The van der Waals surface area contributed by atoms with E-state index in [1.165, 1.54) is 11.3 Å². The van der Waals surface area contributed by atoms with Crippen molar-refractivity contribution in [2.75, 3.05) is 13.6 Å². The zero-order chi connectivity index (χ0) is 12.3. The first-order valence-corrected chi connectivity index (χ1v) is 6.74. The second-order valence-electron chi connectivity index (χ2n) is 3.46. The molecule has 0 amide bonds. The van der Waals surface area contributed by atoms with Gasteiger partial charge in [-0.25, -0.2) is 4.39 Å². The van der Waals surface area contributed by atoms with Gasteiger partial charge in [0.25, 0.3) is 0 Å². The number of rotatable bonds is 4. The lowest BCUT2D eigenvalue weighted by Crippen LogP contribution is -2.09. The predicted molar refractivity (Wildman–Crippen MR) is 70.6 cm³/mol. The van der Waals surface area contributed by atoms with Gasteiger partial charge in [0.2, 0.25) is 0 Å². The van der Waals surface area contributed by atoms with Crippen LogP contribution in [0.2, 0.25) is 0 Å². The molecule has 3 nitrogen and oxygen atoms in total. The second-order valence-corrected chi connectivity index (χ2v) is 5.37. The number of likely N-dealkylation sites (N-methyl/N-ethyl adjacent to an activating group) is 1. The molecule has 0 atom stereocenters. The van der Waals surface area contributed by atoms with Crippen molar-refractivity contribution in [2.24, 2.45) is 0 Å². The Bertz CT molecular complexity index is 515. The fraction of sp³-hybridized carbons (Fsp3) is 0.273. The van der Waals surface area contributed by atoms with E-state index in [1.807, 2.05) is 7.05 Å². The highest BCUT2D eigenvalue weighted by Gasteiger charge is 2.12. The number of nitrogens with one attached hydrogen (secondary N) is 1. The molecular weight excluding hydrogens is 305 g/mol. The average molecular weight is 316 g/mol. The Balaban J connectivity index is 2.27. The van der Waals surface area contributed by atoms with Crippen LogP contribution >= 0.6 is 27.3 Å². The summed E-state index contributed by atoms with van der Waals surface area (Å²) < 4.78 is 14.3. The van der Waals surface area contributed by atoms with Crippen molar-refractivity contribution < 1.29 is 4.39 Å². The molecule has 0 saturated heterocycles. The van der Waals surface area contributed by atoms with E-state index in [1.54, 1.807) is 18.2 Å². The summed E-state index contributed by atoms with van der Waals surface area (Å²) in [6, 6.07) is 5.17. The minimum absolute atomic E-state index is 0.288. The molecule has 2 rings (SSSR count). The van der Waals surface area contributed by atoms with Crippen molar-refractivity contribution in [1.82, 2.24) is 15.5 Å². The molecule has 0 aliphatic rings. The van der Waals surface area contributed by atoms with Crippen molar-refractivity contribution in [3.63, 3.8) is 0 Å². The Kier molecular flexibility index (Phi) is 4.20. The summed E-state index contributed by atoms with van der Waals surface area (Å²) in [5.74, 6) is -0.288. The monoisotopic (exact) mass is 315 g/mol. The Morgan fingerprint density at radius 3 is 3.00 bits per heavy atom. The summed E-state index contributed by atoms with van der Waals surface area (Å²) in [5.41, 5.74) is 0.493. The SMILES string of the molecule is CNCCc1nnc(-c2cccc(Br)c2F)s1. The molecule has 1 aromatic carbocycles. The normalized spacial score (nSPS) is 10.8. The molecule has 0 radical (unpaired) electrons. The average Bonchev–Trinajstić information content (AvgIpc) is 2.78. The van der Waals surface area contributed by atoms with E-state index in [4.69, 9.17) is 0 Å². The zero-order valence-corrected chi connectivity index (χ0v) is 11.6. The highest BCUT2D eigenvalue weighted by Crippen LogP contribution is 2.29. The van der Waals surface area contributed by atoms with Gasteiger partial charge in [0.1, 0.15) is 10.8 Å². The third-order valence-electron chi connectivity index (χ3n) is 2.24. The Morgan fingerprint density at radius 1 is 1.41 bits per heavy atom. The summed E-state index contributed by atoms with van der Waals surface area (Å²) in [4.78, 5) is 0. The van der Waals surface area contributed by atoms with Gasteiger partial charge in [-0.15, -0.1) is 10.2 Å². The molecule has 2 aromatic rings. The van der Waals surface area contributed by atoms with Gasteiger partial charge in [0.15, 0.2) is 5.01 Å². The summed E-state index contributed by atoms with van der Waals surface area (Å²) in [6.07, 6.45) is 0.809. The van der Waals surface area contributed by atoms with E-state index in [-0.39, 0.29) is 5.82 Å². The molecule has 0 bridgehead atoms. The van der Waals surface area contributed by atoms with Gasteiger partial charge in [0.05, 0.1) is 4.47 Å².